The zero-order valence-electron chi connectivity index (χ0n) is 16.4. The highest BCUT2D eigenvalue weighted by Crippen LogP contribution is 2.60. The molecule has 4 fully saturated rings. The van der Waals surface area contributed by atoms with E-state index in [4.69, 9.17) is 0 Å². The average molecular weight is 370 g/mol. The molecular formula is C23H31NO3. The lowest BCUT2D eigenvalue weighted by Crippen LogP contribution is -2.48. The maximum absolute atomic E-state index is 12.5. The molecule has 0 heterocycles. The van der Waals surface area contributed by atoms with Crippen molar-refractivity contribution in [3.05, 3.63) is 29.8 Å². The number of anilines is 1. The predicted octanol–water partition coefficient (Wildman–Crippen LogP) is 4.84. The molecule has 4 saturated carbocycles. The van der Waals surface area contributed by atoms with Crippen LogP contribution in [0.1, 0.15) is 64.4 Å². The number of carbonyl (C=O) groups is 2. The number of amides is 1. The first-order chi connectivity index (χ1) is 12.9. The number of carbonyl (C=O) groups excluding carboxylic acids is 1. The van der Waals surface area contributed by atoms with Gasteiger partial charge in [-0.25, -0.2) is 0 Å². The lowest BCUT2D eigenvalue weighted by molar-refractivity contribution is -0.147. The molecule has 2 atom stereocenters. The normalized spacial score (nSPS) is 33.5. The molecule has 0 unspecified atom stereocenters. The van der Waals surface area contributed by atoms with Crippen molar-refractivity contribution in [3.63, 3.8) is 0 Å². The molecule has 5 rings (SSSR count). The molecule has 1 amide bonds. The summed E-state index contributed by atoms with van der Waals surface area (Å²) in [6.07, 6.45) is 8.91. The summed E-state index contributed by atoms with van der Waals surface area (Å²) in [6, 6.07) is 8.26. The van der Waals surface area contributed by atoms with Crippen LogP contribution in [-0.2, 0) is 15.0 Å². The molecule has 4 aliphatic rings. The van der Waals surface area contributed by atoms with Gasteiger partial charge in [0, 0.05) is 5.69 Å². The third-order valence-electron chi connectivity index (χ3n) is 7.56. The van der Waals surface area contributed by atoms with E-state index in [1.165, 1.54) is 44.1 Å². The van der Waals surface area contributed by atoms with E-state index in [1.54, 1.807) is 0 Å². The van der Waals surface area contributed by atoms with Crippen LogP contribution in [0.5, 0.6) is 0 Å². The molecule has 1 aromatic rings. The first-order valence-electron chi connectivity index (χ1n) is 10.5. The van der Waals surface area contributed by atoms with Crippen LogP contribution in [0.15, 0.2) is 24.3 Å². The van der Waals surface area contributed by atoms with Crippen molar-refractivity contribution in [1.29, 1.82) is 0 Å². The quantitative estimate of drug-likeness (QED) is 0.705. The Morgan fingerprint density at radius 1 is 1.07 bits per heavy atom. The molecule has 4 bridgehead atoms. The van der Waals surface area contributed by atoms with E-state index in [0.717, 1.165) is 17.8 Å². The maximum atomic E-state index is 12.5. The maximum Gasteiger partial charge on any atom is 0.316 e. The second-order valence-electron chi connectivity index (χ2n) is 9.47. The lowest BCUT2D eigenvalue weighted by atomic mass is 9.48. The Balaban J connectivity index is 1.48. The molecule has 146 valence electrons. The molecule has 4 nitrogen and oxygen atoms in total. The summed E-state index contributed by atoms with van der Waals surface area (Å²) in [5, 5.41) is 12.2. The molecule has 0 radical (unpaired) electrons. The predicted molar refractivity (Wildman–Crippen MR) is 106 cm³/mol. The van der Waals surface area contributed by atoms with Crippen molar-refractivity contribution in [2.75, 3.05) is 5.32 Å². The van der Waals surface area contributed by atoms with E-state index in [2.05, 4.69) is 17.4 Å². The van der Waals surface area contributed by atoms with E-state index in [9.17, 15) is 14.7 Å². The van der Waals surface area contributed by atoms with Crippen LogP contribution in [0.3, 0.4) is 0 Å². The van der Waals surface area contributed by atoms with Crippen LogP contribution < -0.4 is 5.32 Å². The van der Waals surface area contributed by atoms with Crippen LogP contribution in [0.4, 0.5) is 5.69 Å². The minimum Gasteiger partial charge on any atom is -0.481 e. The van der Waals surface area contributed by atoms with Gasteiger partial charge in [0.15, 0.2) is 0 Å². The first kappa shape index (κ1) is 18.5. The minimum atomic E-state index is -1.05. The smallest absolute Gasteiger partial charge is 0.316 e. The van der Waals surface area contributed by atoms with E-state index >= 15 is 0 Å². The van der Waals surface area contributed by atoms with E-state index < -0.39 is 17.8 Å². The van der Waals surface area contributed by atoms with Gasteiger partial charge in [0.2, 0.25) is 5.91 Å². The van der Waals surface area contributed by atoms with Gasteiger partial charge in [0.05, 0.1) is 0 Å². The number of hydrogen-bond donors (Lipinski definition) is 2. The topological polar surface area (TPSA) is 66.4 Å². The van der Waals surface area contributed by atoms with Crippen molar-refractivity contribution >= 4 is 17.6 Å². The summed E-state index contributed by atoms with van der Waals surface area (Å²) < 4.78 is 0. The van der Waals surface area contributed by atoms with Crippen LogP contribution >= 0.6 is 0 Å². The van der Waals surface area contributed by atoms with Gasteiger partial charge in [-0.2, -0.15) is 0 Å². The number of hydrogen-bond acceptors (Lipinski definition) is 2. The minimum absolute atomic E-state index is 0.186. The van der Waals surface area contributed by atoms with Gasteiger partial charge in [-0.1, -0.05) is 32.4 Å². The highest BCUT2D eigenvalue weighted by molar-refractivity contribution is 6.04. The van der Waals surface area contributed by atoms with Gasteiger partial charge >= 0.3 is 5.97 Å². The van der Waals surface area contributed by atoms with Crippen LogP contribution in [-0.4, -0.2) is 17.0 Å². The molecule has 4 heteroatoms. The standard InChI is InChI=1S/C23H31NO3/c1-3-14(2)20(22(26)27)21(25)24-19-6-4-18(5-7-19)23-11-15-8-16(12-23)10-17(9-15)13-23/h4-7,14-17,20H,3,8-13H2,1-2H3,(H,24,25)(H,26,27)/t14-,15?,16?,17?,20-,23?/m0/s1. The lowest BCUT2D eigenvalue weighted by Gasteiger charge is -2.57. The molecule has 0 saturated heterocycles. The fourth-order valence-electron chi connectivity index (χ4n) is 6.44. The van der Waals surface area contributed by atoms with Crippen molar-refractivity contribution in [3.8, 4) is 0 Å². The van der Waals surface area contributed by atoms with Crippen molar-refractivity contribution in [2.45, 2.75) is 64.2 Å². The van der Waals surface area contributed by atoms with E-state index in [1.807, 2.05) is 26.0 Å². The number of aliphatic carboxylic acids is 1. The molecule has 4 aliphatic carbocycles. The average Bonchev–Trinajstić information content (AvgIpc) is 2.60. The molecule has 0 spiro atoms. The number of carboxylic acid groups (broad SMARTS) is 1. The summed E-state index contributed by atoms with van der Waals surface area (Å²) in [5.74, 6) is 0.0607. The van der Waals surface area contributed by atoms with Gasteiger partial charge in [0.25, 0.3) is 0 Å². The number of benzene rings is 1. The highest BCUT2D eigenvalue weighted by Gasteiger charge is 2.51. The Bertz CT molecular complexity index is 688. The van der Waals surface area contributed by atoms with Gasteiger partial charge in [-0.05, 0) is 85.3 Å². The molecule has 0 aliphatic heterocycles. The number of nitrogens with one attached hydrogen (secondary N) is 1. The Morgan fingerprint density at radius 3 is 2.04 bits per heavy atom. The first-order valence-corrected chi connectivity index (χ1v) is 10.5. The molecule has 2 N–H and O–H groups in total. The Labute approximate surface area is 161 Å². The summed E-state index contributed by atoms with van der Waals surface area (Å²) in [7, 11) is 0. The number of carboxylic acids is 1. The molecule has 27 heavy (non-hydrogen) atoms. The van der Waals surface area contributed by atoms with Crippen LogP contribution in [0, 0.1) is 29.6 Å². The zero-order chi connectivity index (χ0) is 19.2. The SMILES string of the molecule is CC[C@H](C)[C@H](C(=O)O)C(=O)Nc1ccc(C23CC4CC(CC(C4)C2)C3)cc1. The summed E-state index contributed by atoms with van der Waals surface area (Å²) in [6.45, 7) is 3.72. The third kappa shape index (κ3) is 3.39. The van der Waals surface area contributed by atoms with Crippen molar-refractivity contribution in [1.82, 2.24) is 0 Å². The van der Waals surface area contributed by atoms with Gasteiger partial charge in [0.1, 0.15) is 5.92 Å². The second-order valence-corrected chi connectivity index (χ2v) is 9.47. The van der Waals surface area contributed by atoms with Crippen LogP contribution in [0.2, 0.25) is 0 Å². The Morgan fingerprint density at radius 2 is 1.59 bits per heavy atom. The van der Waals surface area contributed by atoms with Gasteiger partial charge < -0.3 is 10.4 Å². The summed E-state index contributed by atoms with van der Waals surface area (Å²) >= 11 is 0. The third-order valence-corrected chi connectivity index (χ3v) is 7.56. The Hall–Kier alpha value is -1.84. The zero-order valence-corrected chi connectivity index (χ0v) is 16.4. The summed E-state index contributed by atoms with van der Waals surface area (Å²) in [5.41, 5.74) is 2.46. The second kappa shape index (κ2) is 6.96. The highest BCUT2D eigenvalue weighted by atomic mass is 16.4. The van der Waals surface area contributed by atoms with Crippen LogP contribution in [0.25, 0.3) is 0 Å². The van der Waals surface area contributed by atoms with E-state index in [0.29, 0.717) is 17.5 Å². The largest absolute Gasteiger partial charge is 0.481 e. The molecule has 0 aromatic heterocycles. The fourth-order valence-corrected chi connectivity index (χ4v) is 6.44. The van der Waals surface area contributed by atoms with Gasteiger partial charge in [-0.15, -0.1) is 0 Å². The van der Waals surface area contributed by atoms with E-state index in [-0.39, 0.29) is 5.92 Å². The Kier molecular flexibility index (Phi) is 4.77. The van der Waals surface area contributed by atoms with Crippen molar-refractivity contribution < 1.29 is 14.7 Å². The number of rotatable bonds is 6. The monoisotopic (exact) mass is 369 g/mol. The molecular weight excluding hydrogens is 338 g/mol. The van der Waals surface area contributed by atoms with Gasteiger partial charge in [-0.3, -0.25) is 9.59 Å². The van der Waals surface area contributed by atoms with Crippen molar-refractivity contribution in [2.24, 2.45) is 29.6 Å². The molecule has 1 aromatic carbocycles. The fraction of sp³-hybridized carbons (Fsp3) is 0.652. The summed E-state index contributed by atoms with van der Waals surface area (Å²) in [4.78, 5) is 24.0.